The predicted molar refractivity (Wildman–Crippen MR) is 116 cm³/mol. The van der Waals surface area contributed by atoms with Crippen LogP contribution in [0.2, 0.25) is 25.7 Å². The molecular formula is C22H39NO2Si. The molecule has 0 bridgehead atoms. The maximum Gasteiger partial charge on any atom is 0.338 e. The van der Waals surface area contributed by atoms with Crippen LogP contribution in [0.1, 0.15) is 68.6 Å². The summed E-state index contributed by atoms with van der Waals surface area (Å²) in [6.07, 6.45) is 10.9. The summed E-state index contributed by atoms with van der Waals surface area (Å²) in [4.78, 5) is 11.6. The lowest BCUT2D eigenvalue weighted by atomic mass is 10.1. The molecule has 0 aromatic heterocycles. The van der Waals surface area contributed by atoms with Gasteiger partial charge < -0.3 is 10.1 Å². The lowest BCUT2D eigenvalue weighted by molar-refractivity contribution is 0.0526. The Bertz CT molecular complexity index is 494. The molecule has 0 saturated heterocycles. The molecule has 1 N–H and O–H groups in total. The standard InChI is InChI=1S/C22H39NO2Si/c1-5-25-22(24)20-14-16-21(17-15-20)23-18-12-10-8-6-7-9-11-13-19-26(2,3)4/h14-17,23H,5-13,18-19H2,1-4H3. The second-order valence-corrected chi connectivity index (χ2v) is 14.0. The van der Waals surface area contributed by atoms with Crippen molar-refractivity contribution in [3.63, 3.8) is 0 Å². The third-order valence-corrected chi connectivity index (χ3v) is 6.43. The van der Waals surface area contributed by atoms with Crippen LogP contribution in [0.5, 0.6) is 0 Å². The minimum atomic E-state index is -0.818. The second kappa shape index (κ2) is 13.0. The van der Waals surface area contributed by atoms with E-state index in [2.05, 4.69) is 25.0 Å². The fourth-order valence-corrected chi connectivity index (χ4v) is 4.32. The molecule has 0 fully saturated rings. The van der Waals surface area contributed by atoms with Gasteiger partial charge in [-0.2, -0.15) is 0 Å². The number of anilines is 1. The molecule has 1 rings (SSSR count). The first kappa shape index (κ1) is 22.7. The third-order valence-electron chi connectivity index (χ3n) is 4.58. The highest BCUT2D eigenvalue weighted by atomic mass is 28.3. The van der Waals surface area contributed by atoms with Gasteiger partial charge in [0.05, 0.1) is 12.2 Å². The van der Waals surface area contributed by atoms with Crippen molar-refractivity contribution in [2.75, 3.05) is 18.5 Å². The molecule has 0 atom stereocenters. The van der Waals surface area contributed by atoms with Crippen LogP contribution < -0.4 is 5.32 Å². The largest absolute Gasteiger partial charge is 0.462 e. The van der Waals surface area contributed by atoms with Crippen LogP contribution in [0.25, 0.3) is 0 Å². The fraction of sp³-hybridized carbons (Fsp3) is 0.682. The van der Waals surface area contributed by atoms with Crippen LogP contribution in [0.4, 0.5) is 5.69 Å². The number of carbonyl (C=O) groups excluding carboxylic acids is 1. The average molecular weight is 378 g/mol. The Labute approximate surface area is 161 Å². The molecule has 0 aliphatic rings. The van der Waals surface area contributed by atoms with Gasteiger partial charge in [-0.15, -0.1) is 0 Å². The van der Waals surface area contributed by atoms with Gasteiger partial charge >= 0.3 is 5.97 Å². The molecule has 0 unspecified atom stereocenters. The minimum Gasteiger partial charge on any atom is -0.462 e. The van der Waals surface area contributed by atoms with Crippen molar-refractivity contribution >= 4 is 19.7 Å². The van der Waals surface area contributed by atoms with Crippen molar-refractivity contribution in [3.8, 4) is 0 Å². The number of ether oxygens (including phenoxy) is 1. The summed E-state index contributed by atoms with van der Waals surface area (Å²) in [5.74, 6) is -0.250. The van der Waals surface area contributed by atoms with Gasteiger partial charge in [0.2, 0.25) is 0 Å². The van der Waals surface area contributed by atoms with Crippen molar-refractivity contribution in [3.05, 3.63) is 29.8 Å². The van der Waals surface area contributed by atoms with Crippen LogP contribution in [-0.2, 0) is 4.74 Å². The quantitative estimate of drug-likeness (QED) is 0.222. The monoisotopic (exact) mass is 377 g/mol. The van der Waals surface area contributed by atoms with Gasteiger partial charge in [0.15, 0.2) is 0 Å². The normalized spacial score (nSPS) is 11.4. The Morgan fingerprint density at radius 3 is 1.96 bits per heavy atom. The van der Waals surface area contributed by atoms with E-state index in [1.54, 1.807) is 0 Å². The van der Waals surface area contributed by atoms with E-state index in [1.807, 2.05) is 31.2 Å². The molecule has 1 aromatic rings. The van der Waals surface area contributed by atoms with E-state index >= 15 is 0 Å². The molecule has 1 aromatic carbocycles. The molecule has 0 heterocycles. The highest BCUT2D eigenvalue weighted by molar-refractivity contribution is 6.76. The first-order valence-electron chi connectivity index (χ1n) is 10.4. The van der Waals surface area contributed by atoms with Crippen molar-refractivity contribution in [2.24, 2.45) is 0 Å². The van der Waals surface area contributed by atoms with Gasteiger partial charge in [0.25, 0.3) is 0 Å². The molecule has 0 aliphatic carbocycles. The van der Waals surface area contributed by atoms with Crippen LogP contribution in [0, 0.1) is 0 Å². The van der Waals surface area contributed by atoms with E-state index in [0.29, 0.717) is 12.2 Å². The molecule has 0 amide bonds. The topological polar surface area (TPSA) is 38.3 Å². The Morgan fingerprint density at radius 1 is 0.885 bits per heavy atom. The average Bonchev–Trinajstić information content (AvgIpc) is 2.59. The minimum absolute atomic E-state index is 0.250. The predicted octanol–water partition coefficient (Wildman–Crippen LogP) is 6.73. The highest BCUT2D eigenvalue weighted by Gasteiger charge is 2.11. The first-order valence-corrected chi connectivity index (χ1v) is 14.1. The summed E-state index contributed by atoms with van der Waals surface area (Å²) >= 11 is 0. The molecule has 0 radical (unpaired) electrons. The summed E-state index contributed by atoms with van der Waals surface area (Å²) in [6, 6.07) is 9.03. The summed E-state index contributed by atoms with van der Waals surface area (Å²) in [6.45, 7) is 10.6. The van der Waals surface area contributed by atoms with Crippen molar-refractivity contribution in [1.29, 1.82) is 0 Å². The van der Waals surface area contributed by atoms with E-state index in [9.17, 15) is 4.79 Å². The second-order valence-electron chi connectivity index (χ2n) is 8.36. The van der Waals surface area contributed by atoms with Crippen molar-refractivity contribution in [1.82, 2.24) is 0 Å². The number of unbranched alkanes of at least 4 members (excludes halogenated alkanes) is 7. The zero-order valence-corrected chi connectivity index (χ0v) is 18.4. The smallest absolute Gasteiger partial charge is 0.338 e. The summed E-state index contributed by atoms with van der Waals surface area (Å²) in [5.41, 5.74) is 1.68. The Morgan fingerprint density at radius 2 is 1.42 bits per heavy atom. The number of rotatable bonds is 14. The molecule has 148 valence electrons. The van der Waals surface area contributed by atoms with E-state index in [4.69, 9.17) is 4.74 Å². The number of nitrogens with one attached hydrogen (secondary N) is 1. The molecule has 0 spiro atoms. The van der Waals surface area contributed by atoms with E-state index in [-0.39, 0.29) is 5.97 Å². The van der Waals surface area contributed by atoms with E-state index in [0.717, 1.165) is 12.2 Å². The van der Waals surface area contributed by atoms with Crippen LogP contribution in [0.15, 0.2) is 24.3 Å². The molecule has 0 aliphatic heterocycles. The number of benzene rings is 1. The Kier molecular flexibility index (Phi) is 11.3. The van der Waals surface area contributed by atoms with Crippen LogP contribution >= 0.6 is 0 Å². The van der Waals surface area contributed by atoms with Crippen molar-refractivity contribution in [2.45, 2.75) is 84.0 Å². The number of carbonyl (C=O) groups is 1. The van der Waals surface area contributed by atoms with Gasteiger partial charge in [0, 0.05) is 20.3 Å². The fourth-order valence-electron chi connectivity index (χ4n) is 3.01. The van der Waals surface area contributed by atoms with E-state index < -0.39 is 8.07 Å². The number of hydrogen-bond donors (Lipinski definition) is 1. The van der Waals surface area contributed by atoms with Gasteiger partial charge in [-0.25, -0.2) is 4.79 Å². The number of esters is 1. The van der Waals surface area contributed by atoms with Gasteiger partial charge in [-0.3, -0.25) is 0 Å². The molecule has 3 nitrogen and oxygen atoms in total. The zero-order valence-electron chi connectivity index (χ0n) is 17.4. The number of hydrogen-bond acceptors (Lipinski definition) is 3. The molecule has 0 saturated carbocycles. The highest BCUT2D eigenvalue weighted by Crippen LogP contribution is 2.16. The van der Waals surface area contributed by atoms with Gasteiger partial charge in [-0.05, 0) is 37.6 Å². The lowest BCUT2D eigenvalue weighted by Gasteiger charge is -2.14. The molecular weight excluding hydrogens is 338 g/mol. The van der Waals surface area contributed by atoms with Crippen LogP contribution in [-0.4, -0.2) is 27.2 Å². The van der Waals surface area contributed by atoms with Crippen LogP contribution in [0.3, 0.4) is 0 Å². The van der Waals surface area contributed by atoms with Gasteiger partial charge in [-0.1, -0.05) is 70.6 Å². The SMILES string of the molecule is CCOC(=O)c1ccc(NCCCCCCCCCC[Si](C)(C)C)cc1. The lowest BCUT2D eigenvalue weighted by Crippen LogP contribution is -2.18. The molecule has 26 heavy (non-hydrogen) atoms. The maximum atomic E-state index is 11.6. The first-order chi connectivity index (χ1) is 12.4. The van der Waals surface area contributed by atoms with E-state index in [1.165, 1.54) is 57.4 Å². The Balaban J connectivity index is 1.98. The van der Waals surface area contributed by atoms with Crippen molar-refractivity contribution < 1.29 is 9.53 Å². The summed E-state index contributed by atoms with van der Waals surface area (Å²) in [7, 11) is -0.818. The zero-order chi connectivity index (χ0) is 19.3. The summed E-state index contributed by atoms with van der Waals surface area (Å²) in [5, 5.41) is 3.43. The maximum absolute atomic E-state index is 11.6. The van der Waals surface area contributed by atoms with Gasteiger partial charge in [0.1, 0.15) is 0 Å². The Hall–Kier alpha value is -1.29. The third kappa shape index (κ3) is 11.3. The molecule has 4 heteroatoms. The summed E-state index contributed by atoms with van der Waals surface area (Å²) < 4.78 is 4.99.